The molecular formula is C30H27N5O5S3. The highest BCUT2D eigenvalue weighted by Gasteiger charge is 2.60. The van der Waals surface area contributed by atoms with Gasteiger partial charge >= 0.3 is 0 Å². The molecule has 0 amide bonds. The maximum Gasteiger partial charge on any atom is 0.292 e. The molecule has 2 aromatic carbocycles. The molecule has 10 nitrogen and oxygen atoms in total. The number of pyridine rings is 1. The van der Waals surface area contributed by atoms with Crippen LogP contribution in [0, 0.1) is 28.8 Å². The number of nitrogens with zero attached hydrogens (tertiary/aromatic N) is 4. The number of ether oxygens (including phenoxy) is 1. The maximum atomic E-state index is 14.4. The molecule has 1 saturated heterocycles. The van der Waals surface area contributed by atoms with Crippen molar-refractivity contribution in [1.82, 2.24) is 10.3 Å². The number of nitriles is 2. The number of hydrogen-bond acceptors (Lipinski definition) is 9. The Morgan fingerprint density at radius 1 is 1.12 bits per heavy atom. The third-order valence-electron chi connectivity index (χ3n) is 8.59. The minimum Gasteiger partial charge on any atom is -0.388 e. The van der Waals surface area contributed by atoms with Gasteiger partial charge in [0.2, 0.25) is 0 Å². The van der Waals surface area contributed by atoms with Crippen LogP contribution in [0.1, 0.15) is 48.1 Å². The Bertz CT molecular complexity index is 1910. The molecule has 220 valence electrons. The summed E-state index contributed by atoms with van der Waals surface area (Å²) in [7, 11) is -7.38. The van der Waals surface area contributed by atoms with Crippen LogP contribution in [0.3, 0.4) is 0 Å². The Kier molecular flexibility index (Phi) is 7.37. The van der Waals surface area contributed by atoms with Gasteiger partial charge < -0.3 is 10.1 Å². The zero-order valence-corrected chi connectivity index (χ0v) is 25.4. The zero-order chi connectivity index (χ0) is 30.4. The fourth-order valence-electron chi connectivity index (χ4n) is 6.41. The Morgan fingerprint density at radius 3 is 2.58 bits per heavy atom. The lowest BCUT2D eigenvalue weighted by atomic mass is 9.70. The van der Waals surface area contributed by atoms with E-state index >= 15 is 0 Å². The minimum atomic E-state index is -4.13. The molecule has 1 aliphatic carbocycles. The molecule has 6 rings (SSSR count). The van der Waals surface area contributed by atoms with Crippen LogP contribution in [0.4, 0.5) is 5.69 Å². The Morgan fingerprint density at radius 2 is 1.88 bits per heavy atom. The fourth-order valence-corrected chi connectivity index (χ4v) is 10.0. The van der Waals surface area contributed by atoms with Gasteiger partial charge in [0, 0.05) is 23.2 Å². The van der Waals surface area contributed by atoms with Crippen LogP contribution in [0.15, 0.2) is 65.7 Å². The molecule has 1 unspecified atom stereocenters. The van der Waals surface area contributed by atoms with Gasteiger partial charge in [0.05, 0.1) is 45.9 Å². The van der Waals surface area contributed by atoms with Gasteiger partial charge in [-0.1, -0.05) is 18.3 Å². The SMILES string of the molecule is N#COc1cccc(S(=O)(=O)N2c3ccc(C(=S)NCc4ncccc4C#N)cc3C3(CCS(=O)(=O)CC3)C2C2CC2)c1. The Balaban J connectivity index is 1.43. The predicted octanol–water partition coefficient (Wildman–Crippen LogP) is 3.71. The second-order valence-corrected chi connectivity index (χ2v) is 15.6. The van der Waals surface area contributed by atoms with Crippen molar-refractivity contribution in [1.29, 1.82) is 10.5 Å². The number of anilines is 1. The number of thiocarbonyl (C=S) groups is 1. The zero-order valence-electron chi connectivity index (χ0n) is 22.9. The number of sulfonamides is 1. The normalized spacial score (nSPS) is 20.0. The summed E-state index contributed by atoms with van der Waals surface area (Å²) >= 11 is 5.72. The number of nitrogens with one attached hydrogen (secondary N) is 1. The van der Waals surface area contributed by atoms with Crippen LogP contribution in [0.25, 0.3) is 0 Å². The highest BCUT2D eigenvalue weighted by atomic mass is 32.2. The van der Waals surface area contributed by atoms with E-state index in [1.165, 1.54) is 28.6 Å². The maximum absolute atomic E-state index is 14.4. The predicted molar refractivity (Wildman–Crippen MR) is 162 cm³/mol. The molecule has 1 saturated carbocycles. The van der Waals surface area contributed by atoms with Crippen LogP contribution in [0.5, 0.6) is 5.75 Å². The first kappa shape index (κ1) is 29.1. The molecule has 1 N–H and O–H groups in total. The van der Waals surface area contributed by atoms with E-state index in [0.29, 0.717) is 40.3 Å². The number of benzene rings is 2. The van der Waals surface area contributed by atoms with E-state index in [0.717, 1.165) is 18.4 Å². The summed E-state index contributed by atoms with van der Waals surface area (Å²) in [6, 6.07) is 16.3. The summed E-state index contributed by atoms with van der Waals surface area (Å²) in [6.07, 6.45) is 5.47. The molecule has 2 aliphatic heterocycles. The van der Waals surface area contributed by atoms with Crippen LogP contribution in [-0.2, 0) is 31.8 Å². The molecule has 3 aromatic rings. The number of rotatable bonds is 7. The molecule has 13 heteroatoms. The van der Waals surface area contributed by atoms with E-state index in [4.69, 9.17) is 22.2 Å². The number of sulfone groups is 1. The number of fused-ring (bicyclic) bond motifs is 2. The first-order valence-corrected chi connectivity index (χ1v) is 17.4. The smallest absolute Gasteiger partial charge is 0.292 e. The summed E-state index contributed by atoms with van der Waals surface area (Å²) in [5.74, 6) is 0.129. The van der Waals surface area contributed by atoms with Crippen molar-refractivity contribution in [3.05, 3.63) is 83.2 Å². The van der Waals surface area contributed by atoms with Gasteiger partial charge in [0.25, 0.3) is 16.3 Å². The third-order valence-corrected chi connectivity index (χ3v) is 12.4. The topological polar surface area (TPSA) is 153 Å². The molecule has 1 atom stereocenters. The Labute approximate surface area is 255 Å². The molecular weight excluding hydrogens is 607 g/mol. The summed E-state index contributed by atoms with van der Waals surface area (Å²) < 4.78 is 60.4. The average molecular weight is 634 g/mol. The van der Waals surface area contributed by atoms with Gasteiger partial charge in [-0.05, 0) is 79.6 Å². The van der Waals surface area contributed by atoms with Gasteiger partial charge in [-0.3, -0.25) is 9.29 Å². The minimum absolute atomic E-state index is 0.0118. The first-order chi connectivity index (χ1) is 20.6. The lowest BCUT2D eigenvalue weighted by Crippen LogP contribution is -2.52. The van der Waals surface area contributed by atoms with Crippen molar-refractivity contribution in [3.8, 4) is 18.1 Å². The molecule has 3 heterocycles. The van der Waals surface area contributed by atoms with E-state index in [9.17, 15) is 22.1 Å². The average Bonchev–Trinajstić information content (AvgIpc) is 3.80. The molecule has 1 aromatic heterocycles. The van der Waals surface area contributed by atoms with Crippen molar-refractivity contribution in [2.24, 2.45) is 5.92 Å². The van der Waals surface area contributed by atoms with Gasteiger partial charge in [0.1, 0.15) is 26.6 Å². The lowest BCUT2D eigenvalue weighted by Gasteiger charge is -2.41. The molecule has 2 fully saturated rings. The second kappa shape index (κ2) is 10.9. The van der Waals surface area contributed by atoms with Gasteiger partial charge in [-0.25, -0.2) is 16.8 Å². The highest BCUT2D eigenvalue weighted by molar-refractivity contribution is 7.93. The standard InChI is InChI=1S/C30H27N5O5S3/c31-17-22-3-2-12-33-26(22)18-34-29(41)21-8-9-27-25(15-21)30(10-13-42(36,37)14-11-30)28(20-6-7-20)35(27)43(38,39)24-5-1-4-23(16-24)40-19-32/h1-5,8-9,12,15-16,20,28H,6-7,10-11,13-14,18H2,(H,34,41). The van der Waals surface area contributed by atoms with Crippen LogP contribution >= 0.6 is 12.2 Å². The largest absolute Gasteiger partial charge is 0.388 e. The first-order valence-electron chi connectivity index (χ1n) is 13.8. The summed E-state index contributed by atoms with van der Waals surface area (Å²) in [6.45, 7) is 0.231. The lowest BCUT2D eigenvalue weighted by molar-refractivity contribution is 0.308. The van der Waals surface area contributed by atoms with Crippen LogP contribution in [0.2, 0.25) is 0 Å². The monoisotopic (exact) mass is 633 g/mol. The van der Waals surface area contributed by atoms with E-state index in [-0.39, 0.29) is 34.6 Å². The van der Waals surface area contributed by atoms with Crippen molar-refractivity contribution >= 4 is 42.8 Å². The van der Waals surface area contributed by atoms with E-state index < -0.39 is 31.3 Å². The molecule has 43 heavy (non-hydrogen) atoms. The highest BCUT2D eigenvalue weighted by Crippen LogP contribution is 2.59. The summed E-state index contributed by atoms with van der Waals surface area (Å²) in [4.78, 5) is 4.67. The quantitative estimate of drug-likeness (QED) is 0.301. The van der Waals surface area contributed by atoms with Gasteiger partial charge in [-0.2, -0.15) is 5.26 Å². The fraction of sp³-hybridized carbons (Fsp3) is 0.333. The molecule has 0 radical (unpaired) electrons. The molecule has 3 aliphatic rings. The van der Waals surface area contributed by atoms with Gasteiger partial charge in [0.15, 0.2) is 0 Å². The number of hydrogen-bond donors (Lipinski definition) is 1. The molecule has 1 spiro atoms. The van der Waals surface area contributed by atoms with Crippen LogP contribution in [-0.4, -0.2) is 44.4 Å². The van der Waals surface area contributed by atoms with Crippen molar-refractivity contribution in [3.63, 3.8) is 0 Å². The van der Waals surface area contributed by atoms with Crippen molar-refractivity contribution in [2.45, 2.75) is 48.6 Å². The van der Waals surface area contributed by atoms with Gasteiger partial charge in [-0.15, -0.1) is 5.26 Å². The third kappa shape index (κ3) is 5.22. The van der Waals surface area contributed by atoms with E-state index in [2.05, 4.69) is 16.4 Å². The van der Waals surface area contributed by atoms with Crippen LogP contribution < -0.4 is 14.4 Å². The Hall–Kier alpha value is -4.04. The van der Waals surface area contributed by atoms with E-state index in [1.54, 1.807) is 36.7 Å². The summed E-state index contributed by atoms with van der Waals surface area (Å²) in [5, 5.41) is 21.5. The van der Waals surface area contributed by atoms with Crippen molar-refractivity contribution in [2.75, 3.05) is 15.8 Å². The van der Waals surface area contributed by atoms with E-state index in [1.807, 2.05) is 6.07 Å². The molecule has 0 bridgehead atoms. The number of aromatic nitrogens is 1. The van der Waals surface area contributed by atoms with Crippen molar-refractivity contribution < 1.29 is 21.6 Å². The summed E-state index contributed by atoms with van der Waals surface area (Å²) in [5.41, 5.74) is 2.21. The second-order valence-electron chi connectivity index (χ2n) is 11.1.